The van der Waals surface area contributed by atoms with Gasteiger partial charge in [-0.15, -0.1) is 0 Å². The van der Waals surface area contributed by atoms with Crippen LogP contribution in [0.5, 0.6) is 0 Å². The molecule has 8 nitrogen and oxygen atoms in total. The molecule has 1 aliphatic carbocycles. The Balaban J connectivity index is 1.33. The number of carboxylic acids is 1. The first-order valence-electron chi connectivity index (χ1n) is 12.0. The van der Waals surface area contributed by atoms with Gasteiger partial charge >= 0.3 is 12.1 Å². The van der Waals surface area contributed by atoms with Crippen molar-refractivity contribution in [2.45, 2.75) is 39.2 Å². The number of ether oxygens (including phenoxy) is 2. The SMILES string of the molecule is CC(C)C(C(=O)O)C(C)NC(=O)CCOCCNC(=O)OCC1c2ccccc2-c2ccccc21. The van der Waals surface area contributed by atoms with Crippen molar-refractivity contribution >= 4 is 18.0 Å². The van der Waals surface area contributed by atoms with Crippen molar-refractivity contribution in [2.75, 3.05) is 26.4 Å². The average molecular weight is 483 g/mol. The van der Waals surface area contributed by atoms with Gasteiger partial charge in [-0.05, 0) is 35.1 Å². The minimum absolute atomic E-state index is 0.00160. The summed E-state index contributed by atoms with van der Waals surface area (Å²) in [6.45, 7) is 6.22. The van der Waals surface area contributed by atoms with Crippen LogP contribution in [0.1, 0.15) is 44.2 Å². The number of amides is 2. The van der Waals surface area contributed by atoms with Gasteiger partial charge < -0.3 is 25.2 Å². The maximum absolute atomic E-state index is 12.2. The lowest BCUT2D eigenvalue weighted by atomic mass is 9.89. The zero-order valence-corrected chi connectivity index (χ0v) is 20.5. The van der Waals surface area contributed by atoms with E-state index >= 15 is 0 Å². The highest BCUT2D eigenvalue weighted by molar-refractivity contribution is 5.79. The lowest BCUT2D eigenvalue weighted by Crippen LogP contribution is -2.43. The first-order valence-corrected chi connectivity index (χ1v) is 12.0. The summed E-state index contributed by atoms with van der Waals surface area (Å²) in [5.41, 5.74) is 4.65. The van der Waals surface area contributed by atoms with Crippen LogP contribution in [0.4, 0.5) is 4.79 Å². The van der Waals surface area contributed by atoms with E-state index in [4.69, 9.17) is 9.47 Å². The second-order valence-electron chi connectivity index (χ2n) is 9.08. The van der Waals surface area contributed by atoms with E-state index < -0.39 is 24.0 Å². The van der Waals surface area contributed by atoms with Crippen LogP contribution in [0, 0.1) is 11.8 Å². The summed E-state index contributed by atoms with van der Waals surface area (Å²) in [5, 5.41) is 14.7. The van der Waals surface area contributed by atoms with Crippen molar-refractivity contribution in [3.8, 4) is 11.1 Å². The van der Waals surface area contributed by atoms with Crippen molar-refractivity contribution in [1.82, 2.24) is 10.6 Å². The van der Waals surface area contributed by atoms with Crippen LogP contribution in [-0.4, -0.2) is 55.5 Å². The Kier molecular flexibility index (Phi) is 9.25. The molecule has 0 radical (unpaired) electrons. The Morgan fingerprint density at radius 3 is 2.11 bits per heavy atom. The van der Waals surface area contributed by atoms with Gasteiger partial charge in [0.2, 0.25) is 5.91 Å². The highest BCUT2D eigenvalue weighted by Gasteiger charge is 2.30. The average Bonchev–Trinajstić information content (AvgIpc) is 3.13. The van der Waals surface area contributed by atoms with Crippen molar-refractivity contribution in [3.05, 3.63) is 59.7 Å². The smallest absolute Gasteiger partial charge is 0.407 e. The molecule has 0 fully saturated rings. The van der Waals surface area contributed by atoms with Crippen molar-refractivity contribution in [2.24, 2.45) is 11.8 Å². The van der Waals surface area contributed by atoms with Crippen LogP contribution in [-0.2, 0) is 19.1 Å². The molecule has 3 rings (SSSR count). The molecule has 35 heavy (non-hydrogen) atoms. The molecule has 0 aliphatic heterocycles. The summed E-state index contributed by atoms with van der Waals surface area (Å²) >= 11 is 0. The third-order valence-corrected chi connectivity index (χ3v) is 6.26. The summed E-state index contributed by atoms with van der Waals surface area (Å²) in [6.07, 6.45) is -0.407. The highest BCUT2D eigenvalue weighted by atomic mass is 16.5. The maximum Gasteiger partial charge on any atom is 0.407 e. The van der Waals surface area contributed by atoms with Gasteiger partial charge in [0, 0.05) is 24.9 Å². The number of benzene rings is 2. The maximum atomic E-state index is 12.2. The Hall–Kier alpha value is -3.39. The van der Waals surface area contributed by atoms with E-state index in [9.17, 15) is 19.5 Å². The van der Waals surface area contributed by atoms with Crippen LogP contribution in [0.2, 0.25) is 0 Å². The van der Waals surface area contributed by atoms with Crippen LogP contribution in [0.3, 0.4) is 0 Å². The predicted molar refractivity (Wildman–Crippen MR) is 132 cm³/mol. The van der Waals surface area contributed by atoms with Gasteiger partial charge in [0.25, 0.3) is 0 Å². The molecule has 8 heteroatoms. The molecule has 0 saturated carbocycles. The molecular weight excluding hydrogens is 448 g/mol. The number of rotatable bonds is 12. The molecule has 188 valence electrons. The van der Waals surface area contributed by atoms with Gasteiger partial charge in [-0.2, -0.15) is 0 Å². The molecule has 2 atom stereocenters. The number of hydrogen-bond acceptors (Lipinski definition) is 5. The number of nitrogens with one attached hydrogen (secondary N) is 2. The Bertz CT molecular complexity index is 992. The predicted octanol–water partition coefficient (Wildman–Crippen LogP) is 3.79. The monoisotopic (exact) mass is 482 g/mol. The van der Waals surface area contributed by atoms with Gasteiger partial charge in [-0.25, -0.2) is 4.79 Å². The number of carbonyl (C=O) groups is 3. The zero-order valence-electron chi connectivity index (χ0n) is 20.5. The topological polar surface area (TPSA) is 114 Å². The van der Waals surface area contributed by atoms with E-state index in [-0.39, 0.29) is 50.5 Å². The Morgan fingerprint density at radius 1 is 0.943 bits per heavy atom. The molecule has 2 aromatic rings. The van der Waals surface area contributed by atoms with Crippen LogP contribution < -0.4 is 10.6 Å². The fourth-order valence-corrected chi connectivity index (χ4v) is 4.63. The summed E-state index contributed by atoms with van der Waals surface area (Å²) in [6, 6.07) is 15.8. The number of carboxylic acid groups (broad SMARTS) is 1. The second-order valence-corrected chi connectivity index (χ2v) is 9.08. The number of fused-ring (bicyclic) bond motifs is 3. The third-order valence-electron chi connectivity index (χ3n) is 6.26. The minimum atomic E-state index is -0.927. The molecule has 0 bridgehead atoms. The molecule has 2 amide bonds. The first-order chi connectivity index (χ1) is 16.8. The van der Waals surface area contributed by atoms with E-state index in [1.54, 1.807) is 6.92 Å². The Morgan fingerprint density at radius 2 is 1.54 bits per heavy atom. The Labute approximate surface area is 206 Å². The normalized spacial score (nSPS) is 14.1. The second kappa shape index (κ2) is 12.4. The third kappa shape index (κ3) is 6.82. The number of carbonyl (C=O) groups excluding carboxylic acids is 2. The first kappa shape index (κ1) is 26.2. The van der Waals surface area contributed by atoms with E-state index in [1.165, 1.54) is 11.1 Å². The highest BCUT2D eigenvalue weighted by Crippen LogP contribution is 2.44. The zero-order chi connectivity index (χ0) is 25.4. The van der Waals surface area contributed by atoms with Crippen molar-refractivity contribution < 1.29 is 29.0 Å². The fourth-order valence-electron chi connectivity index (χ4n) is 4.63. The summed E-state index contributed by atoms with van der Waals surface area (Å²) < 4.78 is 10.9. The standard InChI is InChI=1S/C27H34N2O6/c1-17(2)25(26(31)32)18(3)29-24(30)12-14-34-15-13-28-27(33)35-16-23-21-10-6-4-8-19(21)20-9-5-7-11-22(20)23/h4-11,17-18,23,25H,12-16H2,1-3H3,(H,28,33)(H,29,30)(H,31,32). The van der Waals surface area contributed by atoms with Gasteiger partial charge in [-0.3, -0.25) is 9.59 Å². The molecule has 0 heterocycles. The van der Waals surface area contributed by atoms with Gasteiger partial charge in [0.15, 0.2) is 0 Å². The molecule has 1 aliphatic rings. The quantitative estimate of drug-likeness (QED) is 0.397. The molecule has 0 saturated heterocycles. The van der Waals surface area contributed by atoms with E-state index in [2.05, 4.69) is 34.9 Å². The van der Waals surface area contributed by atoms with Crippen molar-refractivity contribution in [3.63, 3.8) is 0 Å². The summed E-state index contributed by atoms with van der Waals surface area (Å²) in [5.74, 6) is -1.94. The molecule has 3 N–H and O–H groups in total. The van der Waals surface area contributed by atoms with Crippen molar-refractivity contribution in [1.29, 1.82) is 0 Å². The molecule has 2 aromatic carbocycles. The molecule has 0 spiro atoms. The fraction of sp³-hybridized carbons (Fsp3) is 0.444. The van der Waals surface area contributed by atoms with Crippen LogP contribution in [0.25, 0.3) is 11.1 Å². The van der Waals surface area contributed by atoms with Crippen LogP contribution >= 0.6 is 0 Å². The largest absolute Gasteiger partial charge is 0.481 e. The van der Waals surface area contributed by atoms with Gasteiger partial charge in [0.1, 0.15) is 6.61 Å². The van der Waals surface area contributed by atoms with E-state index in [0.29, 0.717) is 0 Å². The molecule has 2 unspecified atom stereocenters. The number of alkyl carbamates (subject to hydrolysis) is 1. The number of hydrogen-bond donors (Lipinski definition) is 3. The van der Waals surface area contributed by atoms with Gasteiger partial charge in [-0.1, -0.05) is 62.4 Å². The molecular formula is C27H34N2O6. The summed E-state index contributed by atoms with van der Waals surface area (Å²) in [4.78, 5) is 35.6. The summed E-state index contributed by atoms with van der Waals surface area (Å²) in [7, 11) is 0. The van der Waals surface area contributed by atoms with E-state index in [0.717, 1.165) is 11.1 Å². The van der Waals surface area contributed by atoms with Crippen LogP contribution in [0.15, 0.2) is 48.5 Å². The lowest BCUT2D eigenvalue weighted by Gasteiger charge is -2.24. The molecule has 0 aromatic heterocycles. The van der Waals surface area contributed by atoms with Gasteiger partial charge in [0.05, 0.1) is 19.1 Å². The lowest BCUT2D eigenvalue weighted by molar-refractivity contribution is -0.144. The minimum Gasteiger partial charge on any atom is -0.481 e. The number of aliphatic carboxylic acids is 1. The van der Waals surface area contributed by atoms with E-state index in [1.807, 2.05) is 38.1 Å².